The van der Waals surface area contributed by atoms with Gasteiger partial charge >= 0.3 is 5.97 Å². The molecule has 7 atom stereocenters. The smallest absolute Gasteiger partial charge is 0.311 e. The number of esters is 1. The number of carbonyl (C=O) groups is 2. The van der Waals surface area contributed by atoms with E-state index in [1.165, 1.54) is 7.11 Å². The van der Waals surface area contributed by atoms with E-state index < -0.39 is 16.6 Å². The number of ketones is 1. The maximum Gasteiger partial charge on any atom is 0.311 e. The first-order chi connectivity index (χ1) is 12.2. The third-order valence-corrected chi connectivity index (χ3v) is 8.38. The molecule has 0 aromatic carbocycles. The van der Waals surface area contributed by atoms with Crippen LogP contribution in [-0.2, 0) is 23.8 Å². The van der Waals surface area contributed by atoms with Crippen LogP contribution >= 0.6 is 0 Å². The molecular weight excluding hydrogens is 332 g/mol. The quantitative estimate of drug-likeness (QED) is 0.559. The van der Waals surface area contributed by atoms with Crippen molar-refractivity contribution < 1.29 is 23.8 Å². The number of hydrogen-bond donors (Lipinski definition) is 0. The average molecular weight is 360 g/mol. The third kappa shape index (κ3) is 1.58. The van der Waals surface area contributed by atoms with Crippen molar-refractivity contribution >= 4 is 11.8 Å². The Hall–Kier alpha value is -1.20. The highest BCUT2D eigenvalue weighted by Gasteiger charge is 2.86. The molecule has 5 rings (SSSR count). The maximum atomic E-state index is 13.0. The summed E-state index contributed by atoms with van der Waals surface area (Å²) in [7, 11) is 1.47. The van der Waals surface area contributed by atoms with Gasteiger partial charge in [-0.25, -0.2) is 0 Å². The third-order valence-electron chi connectivity index (χ3n) is 8.38. The lowest BCUT2D eigenvalue weighted by molar-refractivity contribution is -0.163. The molecule has 5 nitrogen and oxygen atoms in total. The summed E-state index contributed by atoms with van der Waals surface area (Å²) in [5.41, 5.74) is -0.788. The number of hydrogen-bond acceptors (Lipinski definition) is 5. The molecule has 2 aliphatic heterocycles. The van der Waals surface area contributed by atoms with Gasteiger partial charge < -0.3 is 14.2 Å². The van der Waals surface area contributed by atoms with Crippen LogP contribution in [0.3, 0.4) is 0 Å². The van der Waals surface area contributed by atoms with Gasteiger partial charge in [0, 0.05) is 0 Å². The van der Waals surface area contributed by atoms with E-state index in [2.05, 4.69) is 6.92 Å². The van der Waals surface area contributed by atoms with Crippen molar-refractivity contribution in [1.82, 2.24) is 0 Å². The zero-order valence-electron chi connectivity index (χ0n) is 16.3. The van der Waals surface area contributed by atoms with E-state index in [1.807, 2.05) is 26.8 Å². The molecule has 26 heavy (non-hydrogen) atoms. The number of fused-ring (bicyclic) bond motifs is 3. The molecule has 2 saturated heterocycles. The molecule has 0 aromatic rings. The highest BCUT2D eigenvalue weighted by Crippen LogP contribution is 2.74. The molecule has 2 saturated carbocycles. The van der Waals surface area contributed by atoms with Gasteiger partial charge in [-0.15, -0.1) is 0 Å². The largest absolute Gasteiger partial charge is 0.469 e. The van der Waals surface area contributed by atoms with Crippen LogP contribution in [0.2, 0.25) is 0 Å². The van der Waals surface area contributed by atoms with E-state index in [0.717, 1.165) is 31.3 Å². The molecule has 4 fully saturated rings. The Morgan fingerprint density at radius 2 is 2.00 bits per heavy atom. The van der Waals surface area contributed by atoms with Crippen molar-refractivity contribution in [2.45, 2.75) is 76.8 Å². The highest BCUT2D eigenvalue weighted by molar-refractivity contribution is 6.03. The minimum atomic E-state index is -0.693. The molecule has 0 radical (unpaired) electrons. The second-order valence-electron chi connectivity index (χ2n) is 9.74. The van der Waals surface area contributed by atoms with Gasteiger partial charge in [0.15, 0.2) is 11.4 Å². The summed E-state index contributed by atoms with van der Waals surface area (Å²) >= 11 is 0. The first-order valence-electron chi connectivity index (χ1n) is 9.89. The van der Waals surface area contributed by atoms with Crippen molar-refractivity contribution in [1.29, 1.82) is 0 Å². The molecule has 0 aromatic heterocycles. The SMILES string of the molecule is COC(=O)C1(C)CCCC2(C)C3=CC(=O)C4(C(C)C)OC4C34OC4CC12. The van der Waals surface area contributed by atoms with E-state index in [-0.39, 0.29) is 41.2 Å². The molecule has 5 aliphatic rings. The van der Waals surface area contributed by atoms with Crippen LogP contribution in [0.4, 0.5) is 0 Å². The molecule has 7 unspecified atom stereocenters. The van der Waals surface area contributed by atoms with Gasteiger partial charge in [-0.2, -0.15) is 0 Å². The molecule has 0 amide bonds. The van der Waals surface area contributed by atoms with Crippen molar-refractivity contribution in [2.24, 2.45) is 22.7 Å². The summed E-state index contributed by atoms with van der Waals surface area (Å²) in [6.45, 7) is 8.36. The standard InChI is InChI=1S/C21H28O5/c1-11(2)20-14(22)9-13-18(3)7-6-8-19(4,17(23)24-5)12(18)10-15-21(13,25-15)16(20)26-20/h9,11-12,15-16H,6-8,10H2,1-5H3. The Morgan fingerprint density at radius 1 is 1.27 bits per heavy atom. The second kappa shape index (κ2) is 4.61. The normalized spacial score (nSPS) is 53.7. The zero-order valence-corrected chi connectivity index (χ0v) is 16.3. The van der Waals surface area contributed by atoms with Crippen LogP contribution in [0, 0.1) is 22.7 Å². The summed E-state index contributed by atoms with van der Waals surface area (Å²) in [4.78, 5) is 25.7. The van der Waals surface area contributed by atoms with E-state index >= 15 is 0 Å². The summed E-state index contributed by atoms with van der Waals surface area (Å²) in [6, 6.07) is 0. The summed E-state index contributed by atoms with van der Waals surface area (Å²) in [5.74, 6) is 0.207. The number of rotatable bonds is 2. The Kier molecular flexibility index (Phi) is 3.00. The molecule has 0 bridgehead atoms. The van der Waals surface area contributed by atoms with Gasteiger partial charge in [0.25, 0.3) is 0 Å². The zero-order chi connectivity index (χ0) is 18.7. The van der Waals surface area contributed by atoms with Gasteiger partial charge in [-0.1, -0.05) is 27.2 Å². The molecule has 142 valence electrons. The highest BCUT2D eigenvalue weighted by atomic mass is 16.7. The lowest BCUT2D eigenvalue weighted by Crippen LogP contribution is -2.58. The lowest BCUT2D eigenvalue weighted by Gasteiger charge is -2.55. The Balaban J connectivity index is 1.62. The molecule has 5 heteroatoms. The summed E-state index contributed by atoms with van der Waals surface area (Å²) < 4.78 is 17.6. The fraction of sp³-hybridized carbons (Fsp3) is 0.810. The van der Waals surface area contributed by atoms with Crippen molar-refractivity contribution in [3.05, 3.63) is 11.6 Å². The summed E-state index contributed by atoms with van der Waals surface area (Å²) in [5, 5.41) is 0. The number of methoxy groups -OCH3 is 1. The monoisotopic (exact) mass is 360 g/mol. The van der Waals surface area contributed by atoms with E-state index in [9.17, 15) is 9.59 Å². The maximum absolute atomic E-state index is 13.0. The van der Waals surface area contributed by atoms with Crippen LogP contribution in [0.5, 0.6) is 0 Å². The first-order valence-corrected chi connectivity index (χ1v) is 9.89. The molecule has 0 N–H and O–H groups in total. The first kappa shape index (κ1) is 16.9. The van der Waals surface area contributed by atoms with Gasteiger partial charge in [-0.05, 0) is 55.1 Å². The van der Waals surface area contributed by atoms with Gasteiger partial charge in [0.2, 0.25) is 0 Å². The van der Waals surface area contributed by atoms with E-state index in [4.69, 9.17) is 14.2 Å². The van der Waals surface area contributed by atoms with Crippen LogP contribution < -0.4 is 0 Å². The van der Waals surface area contributed by atoms with Gasteiger partial charge in [0.05, 0.1) is 18.6 Å². The number of carbonyl (C=O) groups excluding carboxylic acids is 2. The molecule has 1 spiro atoms. The minimum Gasteiger partial charge on any atom is -0.469 e. The Labute approximate surface area is 154 Å². The van der Waals surface area contributed by atoms with E-state index in [0.29, 0.717) is 0 Å². The van der Waals surface area contributed by atoms with E-state index in [1.54, 1.807) is 0 Å². The number of ether oxygens (including phenoxy) is 3. The van der Waals surface area contributed by atoms with Gasteiger partial charge in [-0.3, -0.25) is 9.59 Å². The van der Waals surface area contributed by atoms with Crippen LogP contribution in [-0.4, -0.2) is 42.3 Å². The minimum absolute atomic E-state index is 0.0487. The average Bonchev–Trinajstić information content (AvgIpc) is 3.47. The Bertz CT molecular complexity index is 756. The fourth-order valence-corrected chi connectivity index (χ4v) is 6.89. The fourth-order valence-electron chi connectivity index (χ4n) is 6.89. The molecule has 3 aliphatic carbocycles. The predicted molar refractivity (Wildman–Crippen MR) is 93.3 cm³/mol. The van der Waals surface area contributed by atoms with Crippen LogP contribution in [0.1, 0.15) is 53.4 Å². The van der Waals surface area contributed by atoms with Crippen LogP contribution in [0.25, 0.3) is 0 Å². The molecular formula is C21H28O5. The lowest BCUT2D eigenvalue weighted by atomic mass is 9.46. The predicted octanol–water partition coefficient (Wildman–Crippen LogP) is 2.82. The van der Waals surface area contributed by atoms with Crippen molar-refractivity contribution in [3.8, 4) is 0 Å². The summed E-state index contributed by atoms with van der Waals surface area (Å²) in [6.07, 6.45) is 5.31. The van der Waals surface area contributed by atoms with Gasteiger partial charge in [0.1, 0.15) is 11.7 Å². The van der Waals surface area contributed by atoms with Crippen LogP contribution in [0.15, 0.2) is 11.6 Å². The topological polar surface area (TPSA) is 68.4 Å². The molecule has 2 heterocycles. The van der Waals surface area contributed by atoms with Crippen molar-refractivity contribution in [2.75, 3.05) is 7.11 Å². The van der Waals surface area contributed by atoms with Crippen molar-refractivity contribution in [3.63, 3.8) is 0 Å². The second-order valence-corrected chi connectivity index (χ2v) is 9.74. The Morgan fingerprint density at radius 3 is 2.65 bits per heavy atom. The number of epoxide rings is 2.